The third-order valence-corrected chi connectivity index (χ3v) is 2.05. The molecule has 0 spiro atoms. The zero-order valence-electron chi connectivity index (χ0n) is 9.11. The maximum atomic E-state index is 13.0. The predicted molar refractivity (Wildman–Crippen MR) is 57.9 cm³/mol. The highest BCUT2D eigenvalue weighted by Crippen LogP contribution is 2.26. The van der Waals surface area contributed by atoms with Crippen LogP contribution in [0.1, 0.15) is 25.0 Å². The Bertz CT molecular complexity index is 447. The normalized spacial score (nSPS) is 11.9. The van der Waals surface area contributed by atoms with Crippen LogP contribution in [0.5, 0.6) is 0 Å². The molecule has 1 atom stereocenters. The molecule has 6 heteroatoms. The number of aliphatic hydroxyl groups excluding tert-OH is 1. The predicted octanol–water partition coefficient (Wildman–Crippen LogP) is 1.29. The highest BCUT2D eigenvalue weighted by atomic mass is 19.1. The lowest BCUT2D eigenvalue weighted by molar-refractivity contribution is -0.139. The first-order valence-corrected chi connectivity index (χ1v) is 4.87. The van der Waals surface area contributed by atoms with Gasteiger partial charge in [-0.2, -0.15) is 0 Å². The van der Waals surface area contributed by atoms with Crippen molar-refractivity contribution in [1.82, 2.24) is 0 Å². The van der Waals surface area contributed by atoms with Crippen molar-refractivity contribution >= 4 is 17.6 Å². The van der Waals surface area contributed by atoms with Gasteiger partial charge in [-0.3, -0.25) is 9.59 Å². The number of nitrogens with one attached hydrogen (secondary N) is 1. The van der Waals surface area contributed by atoms with Crippen LogP contribution in [0.25, 0.3) is 0 Å². The second-order valence-corrected chi connectivity index (χ2v) is 3.53. The molecule has 17 heavy (non-hydrogen) atoms. The van der Waals surface area contributed by atoms with Gasteiger partial charge in [0.1, 0.15) is 5.82 Å². The largest absolute Gasteiger partial charge is 0.481 e. The quantitative estimate of drug-likeness (QED) is 0.741. The highest BCUT2D eigenvalue weighted by Gasteiger charge is 2.17. The first-order chi connectivity index (χ1) is 7.90. The SMILES string of the molecule is CC(=O)Nc1ccc(F)cc1C(O)CC(=O)O. The van der Waals surface area contributed by atoms with Crippen LogP contribution in [0.4, 0.5) is 10.1 Å². The fourth-order valence-electron chi connectivity index (χ4n) is 1.39. The molecule has 0 bridgehead atoms. The third kappa shape index (κ3) is 3.84. The van der Waals surface area contributed by atoms with Gasteiger partial charge in [0.15, 0.2) is 0 Å². The number of aliphatic hydroxyl groups is 1. The van der Waals surface area contributed by atoms with E-state index in [-0.39, 0.29) is 17.2 Å². The topological polar surface area (TPSA) is 86.6 Å². The molecule has 0 radical (unpaired) electrons. The van der Waals surface area contributed by atoms with Crippen LogP contribution < -0.4 is 5.32 Å². The first kappa shape index (κ1) is 13.1. The number of anilines is 1. The van der Waals surface area contributed by atoms with E-state index in [0.29, 0.717) is 0 Å². The van der Waals surface area contributed by atoms with Crippen LogP contribution in [0, 0.1) is 5.82 Å². The molecule has 92 valence electrons. The Morgan fingerprint density at radius 1 is 1.47 bits per heavy atom. The molecule has 0 aromatic heterocycles. The number of aliphatic carboxylic acids is 1. The molecule has 1 unspecified atom stereocenters. The summed E-state index contributed by atoms with van der Waals surface area (Å²) >= 11 is 0. The third-order valence-electron chi connectivity index (χ3n) is 2.05. The molecule has 1 rings (SSSR count). The van der Waals surface area contributed by atoms with Crippen LogP contribution in [-0.4, -0.2) is 22.1 Å². The van der Waals surface area contributed by atoms with E-state index in [1.165, 1.54) is 13.0 Å². The molecular weight excluding hydrogens is 229 g/mol. The van der Waals surface area contributed by atoms with Crippen molar-refractivity contribution in [3.8, 4) is 0 Å². The Hall–Kier alpha value is -1.95. The number of carboxylic acids is 1. The van der Waals surface area contributed by atoms with Crippen molar-refractivity contribution < 1.29 is 24.2 Å². The number of carboxylic acid groups (broad SMARTS) is 1. The minimum absolute atomic E-state index is 0.0441. The molecule has 0 fully saturated rings. The van der Waals surface area contributed by atoms with Gasteiger partial charge in [-0.05, 0) is 18.2 Å². The van der Waals surface area contributed by atoms with Crippen molar-refractivity contribution in [2.24, 2.45) is 0 Å². The molecular formula is C11H12FNO4. The summed E-state index contributed by atoms with van der Waals surface area (Å²) in [6.07, 6.45) is -1.93. The minimum Gasteiger partial charge on any atom is -0.481 e. The van der Waals surface area contributed by atoms with Crippen molar-refractivity contribution in [2.75, 3.05) is 5.32 Å². The van der Waals surface area contributed by atoms with Gasteiger partial charge in [-0.1, -0.05) is 0 Å². The second-order valence-electron chi connectivity index (χ2n) is 3.53. The fraction of sp³-hybridized carbons (Fsp3) is 0.273. The maximum absolute atomic E-state index is 13.0. The van der Waals surface area contributed by atoms with E-state index >= 15 is 0 Å². The number of hydrogen-bond acceptors (Lipinski definition) is 3. The molecule has 3 N–H and O–H groups in total. The number of amides is 1. The van der Waals surface area contributed by atoms with Gasteiger partial charge < -0.3 is 15.5 Å². The number of rotatable bonds is 4. The molecule has 0 heterocycles. The number of carbonyl (C=O) groups is 2. The summed E-state index contributed by atoms with van der Waals surface area (Å²) in [6, 6.07) is 3.39. The monoisotopic (exact) mass is 241 g/mol. The van der Waals surface area contributed by atoms with E-state index in [2.05, 4.69) is 5.32 Å². The molecule has 0 saturated heterocycles. The lowest BCUT2D eigenvalue weighted by Gasteiger charge is -2.14. The molecule has 0 saturated carbocycles. The number of carbonyl (C=O) groups excluding carboxylic acids is 1. The molecule has 0 aliphatic heterocycles. The van der Waals surface area contributed by atoms with Gasteiger partial charge in [-0.15, -0.1) is 0 Å². The average Bonchev–Trinajstić information content (AvgIpc) is 2.19. The second kappa shape index (κ2) is 5.40. The van der Waals surface area contributed by atoms with E-state index < -0.39 is 24.3 Å². The lowest BCUT2D eigenvalue weighted by Crippen LogP contribution is -2.12. The summed E-state index contributed by atoms with van der Waals surface area (Å²) in [7, 11) is 0. The van der Waals surface area contributed by atoms with Gasteiger partial charge >= 0.3 is 5.97 Å². The van der Waals surface area contributed by atoms with Gasteiger partial charge in [0.25, 0.3) is 0 Å². The van der Waals surface area contributed by atoms with Gasteiger partial charge in [0.2, 0.25) is 5.91 Å². The van der Waals surface area contributed by atoms with Crippen LogP contribution in [-0.2, 0) is 9.59 Å². The van der Waals surface area contributed by atoms with Crippen LogP contribution >= 0.6 is 0 Å². The van der Waals surface area contributed by atoms with Crippen molar-refractivity contribution in [3.05, 3.63) is 29.6 Å². The van der Waals surface area contributed by atoms with Crippen molar-refractivity contribution in [3.63, 3.8) is 0 Å². The summed E-state index contributed by atoms with van der Waals surface area (Å²) in [6.45, 7) is 1.26. The Balaban J connectivity index is 3.05. The fourth-order valence-corrected chi connectivity index (χ4v) is 1.39. The van der Waals surface area contributed by atoms with E-state index in [0.717, 1.165) is 12.1 Å². The van der Waals surface area contributed by atoms with E-state index in [1.807, 2.05) is 0 Å². The van der Waals surface area contributed by atoms with E-state index in [4.69, 9.17) is 5.11 Å². The first-order valence-electron chi connectivity index (χ1n) is 4.87. The molecule has 5 nitrogen and oxygen atoms in total. The minimum atomic E-state index is -1.37. The summed E-state index contributed by atoms with van der Waals surface area (Å²) in [4.78, 5) is 21.4. The Kier molecular flexibility index (Phi) is 4.17. The van der Waals surface area contributed by atoms with E-state index in [1.54, 1.807) is 0 Å². The number of halogens is 1. The maximum Gasteiger partial charge on any atom is 0.306 e. The smallest absolute Gasteiger partial charge is 0.306 e. The number of hydrogen-bond donors (Lipinski definition) is 3. The van der Waals surface area contributed by atoms with E-state index in [9.17, 15) is 19.1 Å². The van der Waals surface area contributed by atoms with Crippen molar-refractivity contribution in [1.29, 1.82) is 0 Å². The van der Waals surface area contributed by atoms with Crippen LogP contribution in [0.15, 0.2) is 18.2 Å². The molecule has 0 aliphatic rings. The van der Waals surface area contributed by atoms with Gasteiger partial charge in [0.05, 0.1) is 12.5 Å². The average molecular weight is 241 g/mol. The van der Waals surface area contributed by atoms with Crippen molar-refractivity contribution in [2.45, 2.75) is 19.4 Å². The summed E-state index contributed by atoms with van der Waals surface area (Å²) in [5.74, 6) is -2.21. The molecule has 0 aliphatic carbocycles. The van der Waals surface area contributed by atoms with Crippen LogP contribution in [0.3, 0.4) is 0 Å². The zero-order chi connectivity index (χ0) is 13.0. The molecule has 1 aromatic carbocycles. The van der Waals surface area contributed by atoms with Gasteiger partial charge in [0, 0.05) is 18.2 Å². The zero-order valence-corrected chi connectivity index (χ0v) is 9.11. The van der Waals surface area contributed by atoms with Gasteiger partial charge in [-0.25, -0.2) is 4.39 Å². The molecule has 1 amide bonds. The van der Waals surface area contributed by atoms with Crippen LogP contribution in [0.2, 0.25) is 0 Å². The summed E-state index contributed by atoms with van der Waals surface area (Å²) < 4.78 is 13.0. The highest BCUT2D eigenvalue weighted by molar-refractivity contribution is 5.89. The standard InChI is InChI=1S/C11H12FNO4/c1-6(14)13-9-3-2-7(12)4-8(9)10(15)5-11(16)17/h2-4,10,15H,5H2,1H3,(H,13,14)(H,16,17). The lowest BCUT2D eigenvalue weighted by atomic mass is 10.0. The Morgan fingerprint density at radius 3 is 2.65 bits per heavy atom. The Morgan fingerprint density at radius 2 is 2.12 bits per heavy atom. The number of benzene rings is 1. The Labute approximate surface area is 96.9 Å². The molecule has 1 aromatic rings. The summed E-state index contributed by atoms with van der Waals surface area (Å²) in [5, 5.41) is 20.6. The summed E-state index contributed by atoms with van der Waals surface area (Å²) in [5.41, 5.74) is 0.246.